The first-order chi connectivity index (χ1) is 7.74. The van der Waals surface area contributed by atoms with Crippen LogP contribution in [0.5, 0.6) is 0 Å². The summed E-state index contributed by atoms with van der Waals surface area (Å²) in [6, 6.07) is 3.11. The molecule has 3 nitrogen and oxygen atoms in total. The topological polar surface area (TPSA) is 45.1 Å². The lowest BCUT2D eigenvalue weighted by molar-refractivity contribution is 0.142. The van der Waals surface area contributed by atoms with E-state index < -0.39 is 5.95 Å². The van der Waals surface area contributed by atoms with E-state index in [4.69, 9.17) is 0 Å². The predicted molar refractivity (Wildman–Crippen MR) is 60.7 cm³/mol. The zero-order chi connectivity index (χ0) is 11.4. The summed E-state index contributed by atoms with van der Waals surface area (Å²) < 4.78 is 12.8. The fourth-order valence-electron chi connectivity index (χ4n) is 2.32. The number of aliphatic hydroxyl groups excluding tert-OH is 1. The van der Waals surface area contributed by atoms with Crippen molar-refractivity contribution in [3.05, 3.63) is 24.3 Å². The molecular weight excluding hydrogens is 207 g/mol. The van der Waals surface area contributed by atoms with Crippen LogP contribution in [-0.4, -0.2) is 23.2 Å². The van der Waals surface area contributed by atoms with Crippen LogP contribution >= 0.6 is 0 Å². The third-order valence-corrected chi connectivity index (χ3v) is 3.39. The van der Waals surface area contributed by atoms with Gasteiger partial charge in [0.25, 0.3) is 0 Å². The van der Waals surface area contributed by atoms with Gasteiger partial charge in [-0.05, 0) is 18.9 Å². The highest BCUT2D eigenvalue weighted by Gasteiger charge is 2.32. The first-order valence-electron chi connectivity index (χ1n) is 5.70. The molecule has 1 aliphatic carbocycles. The number of rotatable bonds is 4. The molecule has 1 aliphatic rings. The molecule has 0 unspecified atom stereocenters. The Morgan fingerprint density at radius 2 is 2.19 bits per heavy atom. The van der Waals surface area contributed by atoms with Gasteiger partial charge in [-0.1, -0.05) is 12.8 Å². The van der Waals surface area contributed by atoms with Gasteiger partial charge in [0.2, 0.25) is 5.95 Å². The van der Waals surface area contributed by atoms with Crippen LogP contribution in [0.2, 0.25) is 0 Å². The summed E-state index contributed by atoms with van der Waals surface area (Å²) in [4.78, 5) is 3.50. The molecule has 2 rings (SSSR count). The second-order valence-electron chi connectivity index (χ2n) is 4.59. The second kappa shape index (κ2) is 4.78. The van der Waals surface area contributed by atoms with Crippen molar-refractivity contribution in [2.75, 3.05) is 18.5 Å². The Kier molecular flexibility index (Phi) is 3.39. The molecule has 0 atom stereocenters. The minimum atomic E-state index is -0.477. The number of hydrogen-bond acceptors (Lipinski definition) is 3. The van der Waals surface area contributed by atoms with Crippen molar-refractivity contribution in [2.45, 2.75) is 25.7 Å². The third-order valence-electron chi connectivity index (χ3n) is 3.39. The highest BCUT2D eigenvalue weighted by Crippen LogP contribution is 2.37. The standard InChI is InChI=1S/C12H17FN2O/c13-11-7-10(3-6-14-11)15-8-12(9-16)4-1-2-5-12/h3,6-7,16H,1-2,4-5,8-9H2,(H,14,15). The van der Waals surface area contributed by atoms with E-state index in [0.29, 0.717) is 6.54 Å². The van der Waals surface area contributed by atoms with Crippen molar-refractivity contribution in [3.8, 4) is 0 Å². The number of pyridine rings is 1. The van der Waals surface area contributed by atoms with E-state index in [1.807, 2.05) is 0 Å². The first kappa shape index (κ1) is 11.3. The van der Waals surface area contributed by atoms with Gasteiger partial charge in [0.1, 0.15) is 0 Å². The van der Waals surface area contributed by atoms with Gasteiger partial charge in [0, 0.05) is 29.9 Å². The molecule has 1 aromatic rings. The van der Waals surface area contributed by atoms with Gasteiger partial charge in [-0.15, -0.1) is 0 Å². The summed E-state index contributed by atoms with van der Waals surface area (Å²) in [6.45, 7) is 0.903. The van der Waals surface area contributed by atoms with Crippen molar-refractivity contribution >= 4 is 5.69 Å². The van der Waals surface area contributed by atoms with E-state index >= 15 is 0 Å². The van der Waals surface area contributed by atoms with Crippen LogP contribution in [0.4, 0.5) is 10.1 Å². The fourth-order valence-corrected chi connectivity index (χ4v) is 2.32. The molecule has 1 heterocycles. The number of hydrogen-bond donors (Lipinski definition) is 2. The molecule has 1 saturated carbocycles. The predicted octanol–water partition coefficient (Wildman–Crippen LogP) is 2.19. The van der Waals surface area contributed by atoms with Gasteiger partial charge >= 0.3 is 0 Å². The molecule has 2 N–H and O–H groups in total. The average Bonchev–Trinajstić information content (AvgIpc) is 2.76. The summed E-state index contributed by atoms with van der Waals surface area (Å²) in [5, 5.41) is 12.6. The summed E-state index contributed by atoms with van der Waals surface area (Å²) >= 11 is 0. The molecule has 0 saturated heterocycles. The molecule has 1 aromatic heterocycles. The molecule has 0 spiro atoms. The van der Waals surface area contributed by atoms with E-state index in [2.05, 4.69) is 10.3 Å². The normalized spacial score (nSPS) is 18.6. The van der Waals surface area contributed by atoms with E-state index in [1.165, 1.54) is 25.1 Å². The number of aliphatic hydroxyl groups is 1. The highest BCUT2D eigenvalue weighted by molar-refractivity contribution is 5.41. The number of anilines is 1. The molecule has 0 radical (unpaired) electrons. The Balaban J connectivity index is 1.95. The maximum atomic E-state index is 12.8. The molecule has 4 heteroatoms. The van der Waals surface area contributed by atoms with Crippen LogP contribution in [-0.2, 0) is 0 Å². The van der Waals surface area contributed by atoms with Crippen molar-refractivity contribution in [1.82, 2.24) is 4.98 Å². The lowest BCUT2D eigenvalue weighted by Crippen LogP contribution is -2.30. The zero-order valence-corrected chi connectivity index (χ0v) is 9.25. The Morgan fingerprint density at radius 3 is 2.81 bits per heavy atom. The van der Waals surface area contributed by atoms with E-state index in [9.17, 15) is 9.50 Å². The minimum Gasteiger partial charge on any atom is -0.396 e. The monoisotopic (exact) mass is 224 g/mol. The maximum absolute atomic E-state index is 12.8. The number of halogens is 1. The average molecular weight is 224 g/mol. The van der Waals surface area contributed by atoms with Crippen LogP contribution in [0, 0.1) is 11.4 Å². The van der Waals surface area contributed by atoms with Gasteiger partial charge < -0.3 is 10.4 Å². The van der Waals surface area contributed by atoms with Crippen LogP contribution in [0.3, 0.4) is 0 Å². The zero-order valence-electron chi connectivity index (χ0n) is 9.25. The molecule has 0 bridgehead atoms. The number of aromatic nitrogens is 1. The van der Waals surface area contributed by atoms with Crippen LogP contribution < -0.4 is 5.32 Å². The first-order valence-corrected chi connectivity index (χ1v) is 5.70. The molecule has 88 valence electrons. The molecular formula is C12H17FN2O. The van der Waals surface area contributed by atoms with Crippen molar-refractivity contribution in [1.29, 1.82) is 0 Å². The smallest absolute Gasteiger partial charge is 0.214 e. The van der Waals surface area contributed by atoms with Gasteiger partial charge in [-0.2, -0.15) is 4.39 Å². The van der Waals surface area contributed by atoms with Gasteiger partial charge in [0.15, 0.2) is 0 Å². The Labute approximate surface area is 94.7 Å². The van der Waals surface area contributed by atoms with Crippen LogP contribution in [0.25, 0.3) is 0 Å². The minimum absolute atomic E-state index is 0.0141. The van der Waals surface area contributed by atoms with Gasteiger partial charge in [-0.25, -0.2) is 4.98 Å². The summed E-state index contributed by atoms with van der Waals surface area (Å²) in [6.07, 6.45) is 5.88. The van der Waals surface area contributed by atoms with Crippen molar-refractivity contribution in [3.63, 3.8) is 0 Å². The number of nitrogens with zero attached hydrogens (tertiary/aromatic N) is 1. The summed E-state index contributed by atoms with van der Waals surface area (Å²) in [5.74, 6) is -0.477. The van der Waals surface area contributed by atoms with Crippen molar-refractivity contribution in [2.24, 2.45) is 5.41 Å². The summed E-state index contributed by atoms with van der Waals surface area (Å²) in [7, 11) is 0. The van der Waals surface area contributed by atoms with Gasteiger partial charge in [-0.3, -0.25) is 0 Å². The molecule has 0 amide bonds. The van der Waals surface area contributed by atoms with Crippen LogP contribution in [0.15, 0.2) is 18.3 Å². The van der Waals surface area contributed by atoms with E-state index in [0.717, 1.165) is 18.5 Å². The molecule has 16 heavy (non-hydrogen) atoms. The largest absolute Gasteiger partial charge is 0.396 e. The van der Waals surface area contributed by atoms with Crippen LogP contribution in [0.1, 0.15) is 25.7 Å². The maximum Gasteiger partial charge on any atom is 0.214 e. The molecule has 0 aromatic carbocycles. The second-order valence-corrected chi connectivity index (χ2v) is 4.59. The molecule has 0 aliphatic heterocycles. The highest BCUT2D eigenvalue weighted by atomic mass is 19.1. The molecule has 1 fully saturated rings. The Hall–Kier alpha value is -1.16. The third kappa shape index (κ3) is 2.50. The lowest BCUT2D eigenvalue weighted by atomic mass is 9.87. The Morgan fingerprint density at radius 1 is 1.44 bits per heavy atom. The van der Waals surface area contributed by atoms with E-state index in [-0.39, 0.29) is 12.0 Å². The summed E-state index contributed by atoms with van der Waals surface area (Å²) in [5.41, 5.74) is 0.715. The number of nitrogens with one attached hydrogen (secondary N) is 1. The SMILES string of the molecule is OCC1(CNc2ccnc(F)c2)CCCC1. The lowest BCUT2D eigenvalue weighted by Gasteiger charge is -2.27. The van der Waals surface area contributed by atoms with Gasteiger partial charge in [0.05, 0.1) is 6.61 Å². The van der Waals surface area contributed by atoms with E-state index in [1.54, 1.807) is 6.07 Å². The fraction of sp³-hybridized carbons (Fsp3) is 0.583. The quantitative estimate of drug-likeness (QED) is 0.770. The van der Waals surface area contributed by atoms with Crippen molar-refractivity contribution < 1.29 is 9.50 Å². The Bertz CT molecular complexity index is 351.